The van der Waals surface area contributed by atoms with Gasteiger partial charge in [0, 0.05) is 26.1 Å². The van der Waals surface area contributed by atoms with Crippen LogP contribution in [-0.2, 0) is 9.59 Å². The molecule has 5 heteroatoms. The molecule has 0 aromatic carbocycles. The van der Waals surface area contributed by atoms with Crippen molar-refractivity contribution in [3.05, 3.63) is 0 Å². The second kappa shape index (κ2) is 4.18. The Hall–Kier alpha value is -1.10. The number of amides is 1. The molecule has 1 atom stereocenters. The van der Waals surface area contributed by atoms with E-state index in [2.05, 4.69) is 10.2 Å². The minimum absolute atomic E-state index is 0.289. The molecule has 15 heavy (non-hydrogen) atoms. The smallest absolute Gasteiger partial charge is 0.330 e. The molecule has 0 aromatic heterocycles. The number of hydrogen-bond acceptors (Lipinski definition) is 3. The lowest BCUT2D eigenvalue weighted by Crippen LogP contribution is -2.56. The van der Waals surface area contributed by atoms with Crippen molar-refractivity contribution in [1.29, 1.82) is 0 Å². The van der Waals surface area contributed by atoms with Crippen molar-refractivity contribution in [2.45, 2.75) is 38.8 Å². The number of carboxylic acids is 1. The number of rotatable bonds is 3. The highest BCUT2D eigenvalue weighted by Gasteiger charge is 2.46. The van der Waals surface area contributed by atoms with Gasteiger partial charge < -0.3 is 10.4 Å². The van der Waals surface area contributed by atoms with Crippen LogP contribution < -0.4 is 5.32 Å². The fourth-order valence-electron chi connectivity index (χ4n) is 1.95. The highest BCUT2D eigenvalue weighted by Crippen LogP contribution is 2.23. The first-order valence-electron chi connectivity index (χ1n) is 5.13. The molecule has 5 nitrogen and oxygen atoms in total. The summed E-state index contributed by atoms with van der Waals surface area (Å²) in [6.07, 6.45) is 0.472. The van der Waals surface area contributed by atoms with Crippen LogP contribution in [0.25, 0.3) is 0 Å². The Bertz CT molecular complexity index is 278. The van der Waals surface area contributed by atoms with Gasteiger partial charge in [0.2, 0.25) is 5.91 Å². The van der Waals surface area contributed by atoms with Crippen molar-refractivity contribution in [2.24, 2.45) is 0 Å². The summed E-state index contributed by atoms with van der Waals surface area (Å²) in [4.78, 5) is 24.2. The number of likely N-dealkylation sites (tertiary alicyclic amines) is 1. The third-order valence-corrected chi connectivity index (χ3v) is 2.85. The topological polar surface area (TPSA) is 69.6 Å². The molecule has 1 aliphatic rings. The maximum Gasteiger partial charge on any atom is 0.330 e. The van der Waals surface area contributed by atoms with E-state index >= 15 is 0 Å². The van der Waals surface area contributed by atoms with Gasteiger partial charge in [-0.1, -0.05) is 0 Å². The van der Waals surface area contributed by atoms with Crippen molar-refractivity contribution < 1.29 is 14.7 Å². The Kier molecular flexibility index (Phi) is 3.34. The standard InChI is InChI=1S/C10H18N2O3/c1-7(2)12-5-4-10(6-12,9(14)15)11-8(3)13/h7H,4-6H2,1-3H3,(H,11,13)(H,14,15). The zero-order valence-corrected chi connectivity index (χ0v) is 9.41. The van der Waals surface area contributed by atoms with Gasteiger partial charge in [-0.05, 0) is 20.3 Å². The van der Waals surface area contributed by atoms with Crippen LogP contribution in [0.15, 0.2) is 0 Å². The lowest BCUT2D eigenvalue weighted by molar-refractivity contribution is -0.146. The molecule has 0 spiro atoms. The monoisotopic (exact) mass is 214 g/mol. The molecule has 0 aliphatic carbocycles. The van der Waals surface area contributed by atoms with Crippen LogP contribution in [-0.4, -0.2) is 46.6 Å². The van der Waals surface area contributed by atoms with Crippen molar-refractivity contribution in [2.75, 3.05) is 13.1 Å². The first-order chi connectivity index (χ1) is 6.87. The number of carbonyl (C=O) groups is 2. The Morgan fingerprint density at radius 2 is 2.07 bits per heavy atom. The van der Waals surface area contributed by atoms with Crippen LogP contribution >= 0.6 is 0 Å². The number of aliphatic carboxylic acids is 1. The fraction of sp³-hybridized carbons (Fsp3) is 0.800. The molecule has 1 unspecified atom stereocenters. The molecule has 1 heterocycles. The molecule has 1 aliphatic heterocycles. The number of nitrogens with zero attached hydrogens (tertiary/aromatic N) is 1. The summed E-state index contributed by atoms with van der Waals surface area (Å²) < 4.78 is 0. The van der Waals surface area contributed by atoms with Crippen LogP contribution in [0.3, 0.4) is 0 Å². The van der Waals surface area contributed by atoms with Crippen molar-refractivity contribution >= 4 is 11.9 Å². The third-order valence-electron chi connectivity index (χ3n) is 2.85. The Morgan fingerprint density at radius 1 is 1.47 bits per heavy atom. The second-order valence-corrected chi connectivity index (χ2v) is 4.38. The Balaban J connectivity index is 2.78. The van der Waals surface area contributed by atoms with Crippen LogP contribution in [0.5, 0.6) is 0 Å². The molecule has 0 bridgehead atoms. The van der Waals surface area contributed by atoms with Gasteiger partial charge >= 0.3 is 5.97 Å². The number of carbonyl (C=O) groups excluding carboxylic acids is 1. The average Bonchev–Trinajstić information content (AvgIpc) is 2.48. The lowest BCUT2D eigenvalue weighted by Gasteiger charge is -2.27. The highest BCUT2D eigenvalue weighted by molar-refractivity contribution is 5.86. The van der Waals surface area contributed by atoms with Gasteiger partial charge in [0.1, 0.15) is 0 Å². The van der Waals surface area contributed by atoms with Gasteiger partial charge in [0.05, 0.1) is 0 Å². The predicted molar refractivity (Wildman–Crippen MR) is 55.5 cm³/mol. The molecule has 0 radical (unpaired) electrons. The van der Waals surface area contributed by atoms with E-state index in [0.717, 1.165) is 0 Å². The molecular weight excluding hydrogens is 196 g/mol. The molecule has 1 rings (SSSR count). The zero-order valence-electron chi connectivity index (χ0n) is 9.41. The van der Waals surface area contributed by atoms with Crippen LogP contribution in [0.2, 0.25) is 0 Å². The molecule has 1 saturated heterocycles. The summed E-state index contributed by atoms with van der Waals surface area (Å²) in [6.45, 7) is 6.49. The minimum Gasteiger partial charge on any atom is -0.479 e. The van der Waals surface area contributed by atoms with Gasteiger partial charge in [-0.2, -0.15) is 0 Å². The average molecular weight is 214 g/mol. The van der Waals surface area contributed by atoms with Gasteiger partial charge in [-0.25, -0.2) is 4.79 Å². The molecule has 0 saturated carbocycles. The summed E-state index contributed by atoms with van der Waals surface area (Å²) >= 11 is 0. The summed E-state index contributed by atoms with van der Waals surface area (Å²) in [7, 11) is 0. The van der Waals surface area contributed by atoms with Crippen molar-refractivity contribution in [3.63, 3.8) is 0 Å². The first kappa shape index (κ1) is 12.0. The third kappa shape index (κ3) is 2.47. The van der Waals surface area contributed by atoms with Gasteiger partial charge in [0.15, 0.2) is 5.54 Å². The van der Waals surface area contributed by atoms with Crippen molar-refractivity contribution in [3.8, 4) is 0 Å². The second-order valence-electron chi connectivity index (χ2n) is 4.38. The number of hydrogen-bond donors (Lipinski definition) is 2. The summed E-state index contributed by atoms with van der Waals surface area (Å²) in [5, 5.41) is 11.7. The van der Waals surface area contributed by atoms with Gasteiger partial charge in [0.25, 0.3) is 0 Å². The van der Waals surface area contributed by atoms with Gasteiger partial charge in [-0.3, -0.25) is 9.69 Å². The molecule has 1 amide bonds. The van der Waals surface area contributed by atoms with E-state index in [1.807, 2.05) is 13.8 Å². The first-order valence-corrected chi connectivity index (χ1v) is 5.13. The Morgan fingerprint density at radius 3 is 2.40 bits per heavy atom. The minimum atomic E-state index is -1.09. The predicted octanol–water partition coefficient (Wildman–Crippen LogP) is 0.0600. The molecular formula is C10H18N2O3. The lowest BCUT2D eigenvalue weighted by atomic mass is 9.99. The van der Waals surface area contributed by atoms with Crippen LogP contribution in [0.1, 0.15) is 27.2 Å². The summed E-state index contributed by atoms with van der Waals surface area (Å²) in [5.74, 6) is -1.23. The van der Waals surface area contributed by atoms with Crippen LogP contribution in [0, 0.1) is 0 Å². The SMILES string of the molecule is CC(=O)NC1(C(=O)O)CCN(C(C)C)C1. The van der Waals surface area contributed by atoms with E-state index in [1.165, 1.54) is 6.92 Å². The van der Waals surface area contributed by atoms with E-state index in [9.17, 15) is 14.7 Å². The van der Waals surface area contributed by atoms with E-state index in [-0.39, 0.29) is 5.91 Å². The fourth-order valence-corrected chi connectivity index (χ4v) is 1.95. The number of carboxylic acid groups (broad SMARTS) is 1. The Labute approximate surface area is 89.4 Å². The maximum atomic E-state index is 11.2. The van der Waals surface area contributed by atoms with E-state index in [4.69, 9.17) is 0 Å². The van der Waals surface area contributed by atoms with E-state index in [1.54, 1.807) is 0 Å². The highest BCUT2D eigenvalue weighted by atomic mass is 16.4. The number of nitrogens with one attached hydrogen (secondary N) is 1. The van der Waals surface area contributed by atoms with E-state index < -0.39 is 11.5 Å². The zero-order chi connectivity index (χ0) is 11.6. The summed E-state index contributed by atoms with van der Waals surface area (Å²) in [6, 6.07) is 0.306. The maximum absolute atomic E-state index is 11.2. The van der Waals surface area contributed by atoms with Crippen molar-refractivity contribution in [1.82, 2.24) is 10.2 Å². The summed E-state index contributed by atoms with van der Waals surface area (Å²) in [5.41, 5.74) is -1.09. The van der Waals surface area contributed by atoms with Crippen LogP contribution in [0.4, 0.5) is 0 Å². The molecule has 0 aromatic rings. The van der Waals surface area contributed by atoms with Gasteiger partial charge in [-0.15, -0.1) is 0 Å². The normalized spacial score (nSPS) is 26.9. The quantitative estimate of drug-likeness (QED) is 0.697. The molecule has 86 valence electrons. The largest absolute Gasteiger partial charge is 0.479 e. The molecule has 1 fully saturated rings. The molecule has 2 N–H and O–H groups in total. The van der Waals surface area contributed by atoms with E-state index in [0.29, 0.717) is 25.6 Å².